The van der Waals surface area contributed by atoms with E-state index in [0.29, 0.717) is 17.8 Å². The summed E-state index contributed by atoms with van der Waals surface area (Å²) < 4.78 is 56.6. The van der Waals surface area contributed by atoms with Crippen molar-refractivity contribution < 1.29 is 21.9 Å². The van der Waals surface area contributed by atoms with Gasteiger partial charge in [0, 0.05) is 0 Å². The topological polar surface area (TPSA) is 97.0 Å². The van der Waals surface area contributed by atoms with Crippen molar-refractivity contribution in [2.75, 3.05) is 0 Å². The molecule has 2 aromatic rings. The molecule has 3 rings (SSSR count). The fraction of sp³-hybridized carbons (Fsp3) is 0.333. The van der Waals surface area contributed by atoms with E-state index in [2.05, 4.69) is 24.6 Å². The number of aromatic amines is 1. The number of rotatable bonds is 6. The number of alkyl halides is 2. The highest BCUT2D eigenvalue weighted by molar-refractivity contribution is 7.93. The number of allylic oxidation sites excluding steroid dienone is 1. The van der Waals surface area contributed by atoms with Crippen molar-refractivity contribution in [1.82, 2.24) is 19.9 Å². The zero-order valence-corrected chi connectivity index (χ0v) is 14.1. The molecule has 0 fully saturated rings. The minimum Gasteiger partial charge on any atom is -0.435 e. The first-order chi connectivity index (χ1) is 11.8. The highest BCUT2D eigenvalue weighted by Crippen LogP contribution is 2.30. The van der Waals surface area contributed by atoms with E-state index in [1.165, 1.54) is 18.5 Å². The minimum atomic E-state index is -3.71. The number of nitrogens with zero attached hydrogens (tertiary/aromatic N) is 2. The number of fused-ring (bicyclic) bond motifs is 1. The van der Waals surface area contributed by atoms with E-state index in [1.54, 1.807) is 19.1 Å². The molecule has 1 aliphatic carbocycles. The van der Waals surface area contributed by atoms with Crippen LogP contribution < -0.4 is 9.46 Å². The van der Waals surface area contributed by atoms with Crippen LogP contribution in [0.4, 0.5) is 8.78 Å². The van der Waals surface area contributed by atoms with Crippen LogP contribution in [0, 0.1) is 0 Å². The Morgan fingerprint density at radius 3 is 2.80 bits per heavy atom. The van der Waals surface area contributed by atoms with Crippen molar-refractivity contribution in [3.63, 3.8) is 0 Å². The molecule has 7 nitrogen and oxygen atoms in total. The molecule has 0 spiro atoms. The zero-order chi connectivity index (χ0) is 18.0. The summed E-state index contributed by atoms with van der Waals surface area (Å²) in [7, 11) is -3.71. The van der Waals surface area contributed by atoms with Gasteiger partial charge in [0.2, 0.25) is 10.0 Å². The highest BCUT2D eigenvalue weighted by atomic mass is 32.2. The third-order valence-corrected chi connectivity index (χ3v) is 5.49. The van der Waals surface area contributed by atoms with Gasteiger partial charge in [-0.15, -0.1) is 0 Å². The third-order valence-electron chi connectivity index (χ3n) is 3.82. The highest BCUT2D eigenvalue weighted by Gasteiger charge is 2.25. The summed E-state index contributed by atoms with van der Waals surface area (Å²) in [4.78, 5) is 4.16. The number of hydrogen-bond donors (Lipinski definition) is 2. The Labute approximate surface area is 143 Å². The van der Waals surface area contributed by atoms with Crippen LogP contribution in [0.25, 0.3) is 6.08 Å². The summed E-state index contributed by atoms with van der Waals surface area (Å²) in [5, 5.41) is 6.31. The molecular weight excluding hydrogens is 354 g/mol. The molecule has 134 valence electrons. The van der Waals surface area contributed by atoms with Crippen LogP contribution in [-0.2, 0) is 16.4 Å². The first-order valence-corrected chi connectivity index (χ1v) is 8.99. The average Bonchev–Trinajstić information content (AvgIpc) is 3.08. The van der Waals surface area contributed by atoms with Crippen molar-refractivity contribution >= 4 is 16.1 Å². The predicted octanol–water partition coefficient (Wildman–Crippen LogP) is 2.37. The van der Waals surface area contributed by atoms with Crippen LogP contribution in [0.2, 0.25) is 0 Å². The van der Waals surface area contributed by atoms with Crippen LogP contribution in [0.3, 0.4) is 0 Å². The Hall–Kier alpha value is -2.33. The van der Waals surface area contributed by atoms with Gasteiger partial charge in [0.1, 0.15) is 17.9 Å². The molecule has 1 aromatic carbocycles. The first-order valence-electron chi connectivity index (χ1n) is 7.51. The number of nitrogens with one attached hydrogen (secondary N) is 2. The molecule has 0 amide bonds. The maximum Gasteiger partial charge on any atom is 0.387 e. The third kappa shape index (κ3) is 4.02. The van der Waals surface area contributed by atoms with Gasteiger partial charge in [0.15, 0.2) is 0 Å². The van der Waals surface area contributed by atoms with Crippen LogP contribution >= 0.6 is 0 Å². The smallest absolute Gasteiger partial charge is 0.387 e. The Balaban J connectivity index is 1.80. The van der Waals surface area contributed by atoms with E-state index in [1.807, 2.05) is 0 Å². The maximum atomic E-state index is 12.5. The molecule has 1 aliphatic rings. The second kappa shape index (κ2) is 6.89. The van der Waals surface area contributed by atoms with Gasteiger partial charge in [0.05, 0.1) is 10.9 Å². The number of aromatic nitrogens is 3. The van der Waals surface area contributed by atoms with Crippen LogP contribution in [0.5, 0.6) is 5.75 Å². The van der Waals surface area contributed by atoms with Gasteiger partial charge >= 0.3 is 6.61 Å². The number of halogens is 2. The van der Waals surface area contributed by atoms with Gasteiger partial charge in [-0.05, 0) is 49.1 Å². The fourth-order valence-corrected chi connectivity index (χ4v) is 4.00. The number of H-pyrrole nitrogens is 1. The van der Waals surface area contributed by atoms with E-state index < -0.39 is 22.7 Å². The molecule has 0 aliphatic heterocycles. The minimum absolute atomic E-state index is 0.0607. The molecule has 10 heteroatoms. The summed E-state index contributed by atoms with van der Waals surface area (Å²) in [5.74, 6) is 0.472. The van der Waals surface area contributed by atoms with E-state index in [9.17, 15) is 17.2 Å². The van der Waals surface area contributed by atoms with Gasteiger partial charge < -0.3 is 4.74 Å². The molecular formula is C15H16F2N4O3S. The van der Waals surface area contributed by atoms with Gasteiger partial charge in [-0.2, -0.15) is 13.9 Å². The van der Waals surface area contributed by atoms with Crippen molar-refractivity contribution in [2.45, 2.75) is 32.4 Å². The van der Waals surface area contributed by atoms with E-state index >= 15 is 0 Å². The van der Waals surface area contributed by atoms with E-state index in [0.717, 1.165) is 5.56 Å². The molecule has 0 radical (unpaired) electrons. The molecule has 1 atom stereocenters. The Morgan fingerprint density at radius 2 is 2.12 bits per heavy atom. The van der Waals surface area contributed by atoms with Crippen molar-refractivity contribution in [2.24, 2.45) is 0 Å². The Kier molecular flexibility index (Phi) is 4.82. The lowest BCUT2D eigenvalue weighted by molar-refractivity contribution is -0.0498. The molecule has 2 N–H and O–H groups in total. The normalized spacial score (nSPS) is 15.6. The van der Waals surface area contributed by atoms with Crippen LogP contribution in [0.1, 0.15) is 36.3 Å². The monoisotopic (exact) mass is 370 g/mol. The summed E-state index contributed by atoms with van der Waals surface area (Å²) in [6, 6.07) is 3.91. The van der Waals surface area contributed by atoms with Gasteiger partial charge in [-0.3, -0.25) is 5.10 Å². The first kappa shape index (κ1) is 17.5. The van der Waals surface area contributed by atoms with E-state index in [-0.39, 0.29) is 17.1 Å². The van der Waals surface area contributed by atoms with Crippen molar-refractivity contribution in [3.8, 4) is 5.75 Å². The van der Waals surface area contributed by atoms with Gasteiger partial charge in [-0.25, -0.2) is 18.1 Å². The Morgan fingerprint density at radius 1 is 1.32 bits per heavy atom. The standard InChI is InChI=1S/C15H16F2N4O3S/c1-9(14-18-8-19-20-14)21-25(22,23)13-5-3-10-6-12(24-15(16)17)4-2-11(10)7-13/h2,4,6-9,15,21H,3,5H2,1H3,(H,18,19,20)/t9-/m1/s1. The number of aryl methyl sites for hydroxylation is 1. The maximum absolute atomic E-state index is 12.5. The molecule has 0 bridgehead atoms. The largest absolute Gasteiger partial charge is 0.435 e. The second-order valence-electron chi connectivity index (χ2n) is 5.56. The zero-order valence-electron chi connectivity index (χ0n) is 13.2. The quantitative estimate of drug-likeness (QED) is 0.814. The van der Waals surface area contributed by atoms with Crippen LogP contribution in [-0.4, -0.2) is 30.2 Å². The van der Waals surface area contributed by atoms with Gasteiger partial charge in [0.25, 0.3) is 0 Å². The predicted molar refractivity (Wildman–Crippen MR) is 86.2 cm³/mol. The Bertz CT molecular complexity index is 882. The number of benzene rings is 1. The molecule has 0 saturated carbocycles. The molecule has 25 heavy (non-hydrogen) atoms. The van der Waals surface area contributed by atoms with Crippen LogP contribution in [0.15, 0.2) is 29.4 Å². The van der Waals surface area contributed by atoms with Gasteiger partial charge in [-0.1, -0.05) is 6.07 Å². The fourth-order valence-electron chi connectivity index (χ4n) is 2.62. The number of ether oxygens (including phenoxy) is 1. The summed E-state index contributed by atoms with van der Waals surface area (Å²) in [6.45, 7) is -1.24. The van der Waals surface area contributed by atoms with Crippen molar-refractivity contribution in [1.29, 1.82) is 0 Å². The van der Waals surface area contributed by atoms with Crippen molar-refractivity contribution in [3.05, 3.63) is 46.4 Å². The lowest BCUT2D eigenvalue weighted by Crippen LogP contribution is -2.29. The SMILES string of the molecule is C[C@@H](NS(=O)(=O)C1=Cc2ccc(OC(F)F)cc2CC1)c1ncn[nH]1. The summed E-state index contributed by atoms with van der Waals surface area (Å²) >= 11 is 0. The summed E-state index contributed by atoms with van der Waals surface area (Å²) in [5.41, 5.74) is 1.43. The molecule has 1 heterocycles. The lowest BCUT2D eigenvalue weighted by atomic mass is 9.97. The molecule has 1 aromatic heterocycles. The average molecular weight is 370 g/mol. The lowest BCUT2D eigenvalue weighted by Gasteiger charge is -2.19. The van der Waals surface area contributed by atoms with E-state index in [4.69, 9.17) is 0 Å². The number of hydrogen-bond acceptors (Lipinski definition) is 5. The number of sulfonamides is 1. The molecule has 0 saturated heterocycles. The summed E-state index contributed by atoms with van der Waals surface area (Å²) in [6.07, 6.45) is 3.53. The molecule has 0 unspecified atom stereocenters. The second-order valence-corrected chi connectivity index (χ2v) is 7.33.